The standard InChI is InChI=1S/C12H19NO2/c1-9(8-14)13-10(2)11-5-4-6-12(7-11)15-3/h4-7,9-10,13-14H,8H2,1-3H3/t9-,10?/m0/s1. The summed E-state index contributed by atoms with van der Waals surface area (Å²) in [5, 5.41) is 12.2. The summed E-state index contributed by atoms with van der Waals surface area (Å²) in [5.74, 6) is 0.859. The lowest BCUT2D eigenvalue weighted by Gasteiger charge is -2.19. The average molecular weight is 209 g/mol. The van der Waals surface area contributed by atoms with E-state index in [0.29, 0.717) is 0 Å². The van der Waals surface area contributed by atoms with Crippen LogP contribution in [0.3, 0.4) is 0 Å². The van der Waals surface area contributed by atoms with Crippen LogP contribution in [0.4, 0.5) is 0 Å². The normalized spacial score (nSPS) is 14.7. The molecule has 0 aliphatic carbocycles. The lowest BCUT2D eigenvalue weighted by molar-refractivity contribution is 0.243. The summed E-state index contributed by atoms with van der Waals surface area (Å²) in [6.45, 7) is 4.17. The molecule has 0 spiro atoms. The first kappa shape index (κ1) is 12.0. The molecule has 2 N–H and O–H groups in total. The van der Waals surface area contributed by atoms with E-state index in [4.69, 9.17) is 9.84 Å². The van der Waals surface area contributed by atoms with Gasteiger partial charge >= 0.3 is 0 Å². The summed E-state index contributed by atoms with van der Waals surface area (Å²) in [6.07, 6.45) is 0. The number of rotatable bonds is 5. The molecule has 3 heteroatoms. The van der Waals surface area contributed by atoms with Crippen LogP contribution in [-0.2, 0) is 0 Å². The summed E-state index contributed by atoms with van der Waals surface area (Å²) in [4.78, 5) is 0. The molecule has 0 heterocycles. The van der Waals surface area contributed by atoms with Gasteiger partial charge in [-0.1, -0.05) is 12.1 Å². The zero-order chi connectivity index (χ0) is 11.3. The van der Waals surface area contributed by atoms with Crippen LogP contribution in [0.5, 0.6) is 5.75 Å². The second kappa shape index (κ2) is 5.73. The molecule has 0 saturated carbocycles. The molecular formula is C12H19NO2. The molecule has 1 aromatic rings. The Morgan fingerprint density at radius 3 is 2.73 bits per heavy atom. The van der Waals surface area contributed by atoms with E-state index in [-0.39, 0.29) is 18.7 Å². The predicted octanol–water partition coefficient (Wildman–Crippen LogP) is 1.73. The van der Waals surface area contributed by atoms with Crippen molar-refractivity contribution in [1.29, 1.82) is 0 Å². The lowest BCUT2D eigenvalue weighted by Crippen LogP contribution is -2.31. The molecule has 84 valence electrons. The Morgan fingerprint density at radius 2 is 2.13 bits per heavy atom. The van der Waals surface area contributed by atoms with Gasteiger partial charge < -0.3 is 15.2 Å². The number of aliphatic hydroxyl groups excluding tert-OH is 1. The Labute approximate surface area is 91.1 Å². The number of nitrogens with one attached hydrogen (secondary N) is 1. The van der Waals surface area contributed by atoms with E-state index >= 15 is 0 Å². The molecule has 0 aliphatic rings. The van der Waals surface area contributed by atoms with E-state index in [2.05, 4.69) is 12.2 Å². The van der Waals surface area contributed by atoms with Gasteiger partial charge in [0.2, 0.25) is 0 Å². The monoisotopic (exact) mass is 209 g/mol. The van der Waals surface area contributed by atoms with E-state index in [1.807, 2.05) is 31.2 Å². The van der Waals surface area contributed by atoms with Crippen LogP contribution in [0.1, 0.15) is 25.5 Å². The summed E-state index contributed by atoms with van der Waals surface area (Å²) >= 11 is 0. The first-order valence-electron chi connectivity index (χ1n) is 5.18. The van der Waals surface area contributed by atoms with Crippen molar-refractivity contribution < 1.29 is 9.84 Å². The third-order valence-corrected chi connectivity index (χ3v) is 2.40. The predicted molar refractivity (Wildman–Crippen MR) is 61.1 cm³/mol. The Morgan fingerprint density at radius 1 is 1.40 bits per heavy atom. The first-order valence-corrected chi connectivity index (χ1v) is 5.18. The minimum Gasteiger partial charge on any atom is -0.497 e. The van der Waals surface area contributed by atoms with Crippen LogP contribution in [0.2, 0.25) is 0 Å². The van der Waals surface area contributed by atoms with Crippen molar-refractivity contribution >= 4 is 0 Å². The van der Waals surface area contributed by atoms with Crippen LogP contribution in [0.25, 0.3) is 0 Å². The number of benzene rings is 1. The number of hydrogen-bond donors (Lipinski definition) is 2. The fourth-order valence-electron chi connectivity index (χ4n) is 1.49. The Balaban J connectivity index is 2.68. The van der Waals surface area contributed by atoms with Gasteiger partial charge in [0.25, 0.3) is 0 Å². The van der Waals surface area contributed by atoms with Gasteiger partial charge in [-0.05, 0) is 31.5 Å². The SMILES string of the molecule is COc1cccc(C(C)N[C@@H](C)CO)c1. The van der Waals surface area contributed by atoms with E-state index in [9.17, 15) is 0 Å². The molecule has 0 amide bonds. The van der Waals surface area contributed by atoms with Gasteiger partial charge in [-0.3, -0.25) is 0 Å². The molecule has 0 fully saturated rings. The van der Waals surface area contributed by atoms with Crippen LogP contribution in [0.15, 0.2) is 24.3 Å². The lowest BCUT2D eigenvalue weighted by atomic mass is 10.1. The topological polar surface area (TPSA) is 41.5 Å². The second-order valence-corrected chi connectivity index (χ2v) is 3.75. The van der Waals surface area contributed by atoms with Gasteiger partial charge in [-0.15, -0.1) is 0 Å². The molecular weight excluding hydrogens is 190 g/mol. The van der Waals surface area contributed by atoms with Crippen LogP contribution in [0, 0.1) is 0 Å². The van der Waals surface area contributed by atoms with E-state index in [0.717, 1.165) is 11.3 Å². The molecule has 1 unspecified atom stereocenters. The molecule has 0 saturated heterocycles. The third-order valence-electron chi connectivity index (χ3n) is 2.40. The second-order valence-electron chi connectivity index (χ2n) is 3.75. The van der Waals surface area contributed by atoms with Gasteiger partial charge in [0.05, 0.1) is 13.7 Å². The molecule has 0 aromatic heterocycles. The molecule has 3 nitrogen and oxygen atoms in total. The first-order chi connectivity index (χ1) is 7.17. The maximum absolute atomic E-state index is 8.94. The van der Waals surface area contributed by atoms with E-state index in [1.54, 1.807) is 7.11 Å². The molecule has 15 heavy (non-hydrogen) atoms. The van der Waals surface area contributed by atoms with Crippen molar-refractivity contribution in [3.8, 4) is 5.75 Å². The minimum absolute atomic E-state index is 0.103. The molecule has 1 aromatic carbocycles. The Bertz CT molecular complexity index is 301. The van der Waals surface area contributed by atoms with Crippen LogP contribution in [-0.4, -0.2) is 24.9 Å². The Kier molecular flexibility index (Phi) is 4.59. The summed E-state index contributed by atoms with van der Waals surface area (Å²) in [5.41, 5.74) is 1.16. The molecule has 0 aliphatic heterocycles. The number of ether oxygens (including phenoxy) is 1. The van der Waals surface area contributed by atoms with Crippen LogP contribution >= 0.6 is 0 Å². The summed E-state index contributed by atoms with van der Waals surface area (Å²) < 4.78 is 5.16. The highest BCUT2D eigenvalue weighted by atomic mass is 16.5. The Hall–Kier alpha value is -1.06. The van der Waals surface area contributed by atoms with Crippen molar-refractivity contribution in [1.82, 2.24) is 5.32 Å². The van der Waals surface area contributed by atoms with Crippen molar-refractivity contribution in [3.05, 3.63) is 29.8 Å². The molecule has 2 atom stereocenters. The minimum atomic E-state index is 0.103. The largest absolute Gasteiger partial charge is 0.497 e. The zero-order valence-electron chi connectivity index (χ0n) is 9.53. The highest BCUT2D eigenvalue weighted by molar-refractivity contribution is 5.30. The number of methoxy groups -OCH3 is 1. The van der Waals surface area contributed by atoms with Crippen molar-refractivity contribution in [3.63, 3.8) is 0 Å². The van der Waals surface area contributed by atoms with Crippen molar-refractivity contribution in [2.24, 2.45) is 0 Å². The highest BCUT2D eigenvalue weighted by Crippen LogP contribution is 2.18. The zero-order valence-corrected chi connectivity index (χ0v) is 9.53. The highest BCUT2D eigenvalue weighted by Gasteiger charge is 2.08. The summed E-state index contributed by atoms with van der Waals surface area (Å²) in [6, 6.07) is 8.25. The third kappa shape index (κ3) is 3.53. The van der Waals surface area contributed by atoms with E-state index < -0.39 is 0 Å². The average Bonchev–Trinajstić information content (AvgIpc) is 2.28. The van der Waals surface area contributed by atoms with Gasteiger partial charge in [-0.25, -0.2) is 0 Å². The van der Waals surface area contributed by atoms with Crippen molar-refractivity contribution in [2.45, 2.75) is 25.9 Å². The number of hydrogen-bond acceptors (Lipinski definition) is 3. The van der Waals surface area contributed by atoms with Crippen molar-refractivity contribution in [2.75, 3.05) is 13.7 Å². The molecule has 0 bridgehead atoms. The fourth-order valence-corrected chi connectivity index (χ4v) is 1.49. The van der Waals surface area contributed by atoms with Gasteiger partial charge in [0.15, 0.2) is 0 Å². The smallest absolute Gasteiger partial charge is 0.119 e. The van der Waals surface area contributed by atoms with Gasteiger partial charge in [0.1, 0.15) is 5.75 Å². The fraction of sp³-hybridized carbons (Fsp3) is 0.500. The molecule has 0 radical (unpaired) electrons. The van der Waals surface area contributed by atoms with Gasteiger partial charge in [-0.2, -0.15) is 0 Å². The quantitative estimate of drug-likeness (QED) is 0.776. The van der Waals surface area contributed by atoms with Gasteiger partial charge in [0, 0.05) is 12.1 Å². The maximum atomic E-state index is 8.94. The van der Waals surface area contributed by atoms with Crippen LogP contribution < -0.4 is 10.1 Å². The maximum Gasteiger partial charge on any atom is 0.119 e. The molecule has 1 rings (SSSR count). The number of aliphatic hydroxyl groups is 1. The summed E-state index contributed by atoms with van der Waals surface area (Å²) in [7, 11) is 1.66. The van der Waals surface area contributed by atoms with E-state index in [1.165, 1.54) is 0 Å².